The molecule has 0 radical (unpaired) electrons. The molecule has 0 saturated heterocycles. The average Bonchev–Trinajstić information content (AvgIpc) is 3.23. The van der Waals surface area contributed by atoms with Gasteiger partial charge < -0.3 is 19.3 Å². The van der Waals surface area contributed by atoms with Crippen LogP contribution < -0.4 is 14.4 Å². The first-order valence-corrected chi connectivity index (χ1v) is 13.3. The van der Waals surface area contributed by atoms with Gasteiger partial charge in [-0.1, -0.05) is 61.5 Å². The van der Waals surface area contributed by atoms with Gasteiger partial charge >= 0.3 is 0 Å². The quantitative estimate of drug-likeness (QED) is 0.251. The van der Waals surface area contributed by atoms with Crippen molar-refractivity contribution in [2.45, 2.75) is 60.5 Å². The van der Waals surface area contributed by atoms with Crippen molar-refractivity contribution in [2.75, 3.05) is 18.1 Å². The number of aryl methyl sites for hydroxylation is 5. The Morgan fingerprint density at radius 1 is 0.811 bits per heavy atom. The largest absolute Gasteiger partial charge is 0.493 e. The third kappa shape index (κ3) is 6.37. The minimum absolute atomic E-state index is 0.570. The van der Waals surface area contributed by atoms with Crippen LogP contribution >= 0.6 is 0 Å². The maximum absolute atomic E-state index is 6.28. The Labute approximate surface area is 222 Å². The average molecular weight is 497 g/mol. The molecule has 4 nitrogen and oxygen atoms in total. The summed E-state index contributed by atoms with van der Waals surface area (Å²) >= 11 is 0. The van der Waals surface area contributed by atoms with Crippen LogP contribution in [0.4, 0.5) is 5.69 Å². The van der Waals surface area contributed by atoms with Gasteiger partial charge in [0, 0.05) is 18.9 Å². The number of hydrogen-bond acceptors (Lipinski definition) is 4. The Kier molecular flexibility index (Phi) is 8.60. The first kappa shape index (κ1) is 26.4. The molecule has 3 aromatic rings. The van der Waals surface area contributed by atoms with Gasteiger partial charge in [0.1, 0.15) is 23.9 Å². The summed E-state index contributed by atoms with van der Waals surface area (Å²) in [6.45, 7) is 17.3. The van der Waals surface area contributed by atoms with E-state index in [4.69, 9.17) is 9.47 Å². The van der Waals surface area contributed by atoms with Crippen LogP contribution in [0.15, 0.2) is 79.4 Å². The highest BCUT2D eigenvalue weighted by molar-refractivity contribution is 5.66. The minimum Gasteiger partial charge on any atom is -0.493 e. The molecule has 0 saturated carbocycles. The Morgan fingerprint density at radius 2 is 1.54 bits per heavy atom. The van der Waals surface area contributed by atoms with E-state index in [0.29, 0.717) is 13.2 Å². The van der Waals surface area contributed by atoms with Crippen LogP contribution in [-0.2, 0) is 13.0 Å². The Morgan fingerprint density at radius 3 is 2.24 bits per heavy atom. The smallest absolute Gasteiger partial charge is 0.125 e. The van der Waals surface area contributed by atoms with E-state index in [1.165, 1.54) is 33.5 Å². The van der Waals surface area contributed by atoms with Crippen LogP contribution in [0.5, 0.6) is 11.5 Å². The van der Waals surface area contributed by atoms with Gasteiger partial charge in [-0.15, -0.1) is 0 Å². The van der Waals surface area contributed by atoms with E-state index < -0.39 is 0 Å². The Balaban J connectivity index is 1.27. The Bertz CT molecular complexity index is 1240. The van der Waals surface area contributed by atoms with Crippen molar-refractivity contribution >= 4 is 5.69 Å². The van der Waals surface area contributed by atoms with Crippen LogP contribution in [0.3, 0.4) is 0 Å². The van der Waals surface area contributed by atoms with E-state index in [1.807, 2.05) is 18.2 Å². The second-order valence-electron chi connectivity index (χ2n) is 9.94. The van der Waals surface area contributed by atoms with Crippen molar-refractivity contribution in [1.82, 2.24) is 4.90 Å². The number of hydrogen-bond donors (Lipinski definition) is 0. The van der Waals surface area contributed by atoms with Gasteiger partial charge in [-0.2, -0.15) is 0 Å². The predicted octanol–water partition coefficient (Wildman–Crippen LogP) is 7.99. The highest BCUT2D eigenvalue weighted by Gasteiger charge is 2.21. The molecule has 0 amide bonds. The van der Waals surface area contributed by atoms with E-state index >= 15 is 0 Å². The van der Waals surface area contributed by atoms with Gasteiger partial charge in [0.15, 0.2) is 0 Å². The lowest BCUT2D eigenvalue weighted by molar-refractivity contribution is 0.289. The maximum atomic E-state index is 6.28. The summed E-state index contributed by atoms with van der Waals surface area (Å²) < 4.78 is 12.3. The fraction of sp³-hybridized carbons (Fsp3) is 0.333. The van der Waals surface area contributed by atoms with E-state index in [9.17, 15) is 0 Å². The maximum Gasteiger partial charge on any atom is 0.125 e. The highest BCUT2D eigenvalue weighted by Crippen LogP contribution is 2.33. The fourth-order valence-electron chi connectivity index (χ4n) is 5.08. The molecule has 0 aromatic heterocycles. The topological polar surface area (TPSA) is 24.9 Å². The normalized spacial score (nSPS) is 12.9. The summed E-state index contributed by atoms with van der Waals surface area (Å²) in [5, 5.41) is 0. The second kappa shape index (κ2) is 12.1. The number of benzene rings is 3. The molecule has 0 aliphatic carbocycles. The lowest BCUT2D eigenvalue weighted by atomic mass is 10.0. The SMILES string of the molecule is C=C1N(CCCCOc2c(C)cc(OCc3ccccc3)cc2CC)C=CN1c1c(C)cc(C)cc1C. The summed E-state index contributed by atoms with van der Waals surface area (Å²) in [5.74, 6) is 2.90. The summed E-state index contributed by atoms with van der Waals surface area (Å²) in [7, 11) is 0. The van der Waals surface area contributed by atoms with Gasteiger partial charge in [-0.25, -0.2) is 0 Å². The monoisotopic (exact) mass is 496 g/mol. The molecular formula is C33H40N2O2. The van der Waals surface area contributed by atoms with E-state index in [0.717, 1.165) is 48.7 Å². The predicted molar refractivity (Wildman–Crippen MR) is 154 cm³/mol. The van der Waals surface area contributed by atoms with Crippen LogP contribution in [0.1, 0.15) is 53.1 Å². The van der Waals surface area contributed by atoms with Crippen molar-refractivity contribution < 1.29 is 9.47 Å². The molecule has 0 fully saturated rings. The van der Waals surface area contributed by atoms with E-state index in [2.05, 4.69) is 99.8 Å². The Hall–Kier alpha value is -3.66. The first-order valence-electron chi connectivity index (χ1n) is 13.3. The highest BCUT2D eigenvalue weighted by atomic mass is 16.5. The van der Waals surface area contributed by atoms with Crippen LogP contribution in [0.2, 0.25) is 0 Å². The molecular weight excluding hydrogens is 456 g/mol. The van der Waals surface area contributed by atoms with Crippen molar-refractivity contribution in [3.05, 3.63) is 113 Å². The zero-order valence-corrected chi connectivity index (χ0v) is 23.0. The summed E-state index contributed by atoms with van der Waals surface area (Å²) in [6, 6.07) is 18.9. The first-order chi connectivity index (χ1) is 17.9. The molecule has 194 valence electrons. The van der Waals surface area contributed by atoms with Gasteiger partial charge in [-0.3, -0.25) is 0 Å². The minimum atomic E-state index is 0.570. The molecule has 0 N–H and O–H groups in total. The molecule has 1 aliphatic rings. The zero-order chi connectivity index (χ0) is 26.4. The number of anilines is 1. The molecule has 37 heavy (non-hydrogen) atoms. The van der Waals surface area contributed by atoms with Crippen molar-refractivity contribution in [1.29, 1.82) is 0 Å². The van der Waals surface area contributed by atoms with Crippen molar-refractivity contribution in [2.24, 2.45) is 0 Å². The van der Waals surface area contributed by atoms with Crippen molar-refractivity contribution in [3.63, 3.8) is 0 Å². The van der Waals surface area contributed by atoms with Gasteiger partial charge in [0.05, 0.1) is 12.3 Å². The molecule has 4 heteroatoms. The molecule has 0 atom stereocenters. The van der Waals surface area contributed by atoms with E-state index in [-0.39, 0.29) is 0 Å². The van der Waals surface area contributed by atoms with E-state index in [1.54, 1.807) is 0 Å². The summed E-state index contributed by atoms with van der Waals surface area (Å²) in [4.78, 5) is 4.44. The lowest BCUT2D eigenvalue weighted by Gasteiger charge is -2.27. The molecule has 0 bridgehead atoms. The number of nitrogens with zero attached hydrogens (tertiary/aromatic N) is 2. The zero-order valence-electron chi connectivity index (χ0n) is 23.0. The molecule has 1 aliphatic heterocycles. The second-order valence-corrected chi connectivity index (χ2v) is 9.94. The molecule has 3 aromatic carbocycles. The van der Waals surface area contributed by atoms with Crippen LogP contribution in [0, 0.1) is 27.7 Å². The number of ether oxygens (including phenoxy) is 2. The molecule has 0 spiro atoms. The van der Waals surface area contributed by atoms with Gasteiger partial charge in [0.2, 0.25) is 0 Å². The summed E-state index contributed by atoms with van der Waals surface area (Å²) in [6.07, 6.45) is 7.18. The van der Waals surface area contributed by atoms with Gasteiger partial charge in [0.25, 0.3) is 0 Å². The summed E-state index contributed by atoms with van der Waals surface area (Å²) in [5.41, 5.74) is 8.56. The van der Waals surface area contributed by atoms with Crippen LogP contribution in [0.25, 0.3) is 0 Å². The molecule has 0 unspecified atom stereocenters. The molecule has 1 heterocycles. The fourth-order valence-corrected chi connectivity index (χ4v) is 5.08. The standard InChI is InChI=1S/C33H40N2O2/c1-7-30-22-31(37-23-29-13-9-8-10-14-29)21-27(5)33(30)36-18-12-11-15-34-16-17-35(28(34)6)32-25(3)19-24(2)20-26(32)4/h8-10,13-14,16-17,19-22H,6-7,11-12,15,18,23H2,1-5H3. The van der Waals surface area contributed by atoms with Crippen molar-refractivity contribution in [3.8, 4) is 11.5 Å². The third-order valence-corrected chi connectivity index (χ3v) is 6.88. The number of rotatable bonds is 11. The third-order valence-electron chi connectivity index (χ3n) is 6.88. The van der Waals surface area contributed by atoms with Gasteiger partial charge in [-0.05, 0) is 86.9 Å². The molecule has 4 rings (SSSR count). The number of unbranched alkanes of at least 4 members (excludes halogenated alkanes) is 1. The van der Waals surface area contributed by atoms with Crippen LogP contribution in [-0.4, -0.2) is 18.1 Å². The lowest BCUT2D eigenvalue weighted by Crippen LogP contribution is -2.23.